The van der Waals surface area contributed by atoms with Crippen LogP contribution in [0.2, 0.25) is 0 Å². The number of carbonyl (C=O) groups excluding carboxylic acids is 2. The van der Waals surface area contributed by atoms with Crippen LogP contribution in [-0.2, 0) is 23.9 Å². The molecule has 0 aliphatic carbocycles. The zero-order valence-electron chi connectivity index (χ0n) is 9.90. The number of carbonyl (C=O) groups is 2. The van der Waals surface area contributed by atoms with Gasteiger partial charge >= 0.3 is 5.97 Å². The molecule has 0 aliphatic heterocycles. The Morgan fingerprint density at radius 3 is 2.41 bits per heavy atom. The smallest absolute Gasteiger partial charge is 0.364 e. The summed E-state index contributed by atoms with van der Waals surface area (Å²) in [5.41, 5.74) is -0.432. The molecule has 0 rings (SSSR count). The second-order valence-electron chi connectivity index (χ2n) is 2.75. The van der Waals surface area contributed by atoms with Crippen LogP contribution in [0.3, 0.4) is 0 Å². The van der Waals surface area contributed by atoms with Gasteiger partial charge in [0.25, 0.3) is 0 Å². The molecular weight excluding hydrogens is 250 g/mol. The topological polar surface area (TPSA) is 74.2 Å². The molecule has 0 aliphatic rings. The molecule has 0 saturated heterocycles. The zero-order chi connectivity index (χ0) is 13.1. The van der Waals surface area contributed by atoms with Crippen LogP contribution in [0.15, 0.2) is 5.16 Å². The first-order valence-electron chi connectivity index (χ1n) is 5.21. The third kappa shape index (κ3) is 6.91. The maximum Gasteiger partial charge on any atom is 0.364 e. The van der Waals surface area contributed by atoms with Crippen LogP contribution >= 0.6 is 11.6 Å². The van der Waals surface area contributed by atoms with Crippen LogP contribution in [0.5, 0.6) is 0 Å². The minimum Gasteiger partial charge on any atom is -0.461 e. The Kier molecular flexibility index (Phi) is 9.37. The van der Waals surface area contributed by atoms with E-state index < -0.39 is 17.5 Å². The van der Waals surface area contributed by atoms with Gasteiger partial charge in [0.2, 0.25) is 11.5 Å². The Bertz CT molecular complexity index is 280. The fourth-order valence-corrected chi connectivity index (χ4v) is 0.942. The number of ketones is 1. The minimum absolute atomic E-state index is 0.145. The van der Waals surface area contributed by atoms with E-state index in [-0.39, 0.29) is 19.1 Å². The number of hydrogen-bond donors (Lipinski definition) is 0. The molecule has 0 atom stereocenters. The first kappa shape index (κ1) is 15.9. The summed E-state index contributed by atoms with van der Waals surface area (Å²) in [6.45, 7) is 4.63. The summed E-state index contributed by atoms with van der Waals surface area (Å²) in [6, 6.07) is 0. The van der Waals surface area contributed by atoms with Gasteiger partial charge < -0.3 is 14.3 Å². The summed E-state index contributed by atoms with van der Waals surface area (Å²) in [7, 11) is 0. The molecule has 0 bridgehead atoms. The number of ether oxygens (including phenoxy) is 2. The summed E-state index contributed by atoms with van der Waals surface area (Å²) in [5, 5.41) is 3.41. The normalized spacial score (nSPS) is 11.1. The number of Topliss-reactive ketones (excluding diaryl/α,β-unsaturated/α-hetero) is 1. The number of oxime groups is 1. The fraction of sp³-hybridized carbons (Fsp3) is 0.700. The monoisotopic (exact) mass is 265 g/mol. The summed E-state index contributed by atoms with van der Waals surface area (Å²) in [4.78, 5) is 27.4. The standard InChI is InChI=1S/C10H16ClNO5/c1-3-15-5-6-17-12-9(8(13)7-11)10(14)16-4-2/h3-7H2,1-2H3. The molecule has 98 valence electrons. The van der Waals surface area contributed by atoms with Gasteiger partial charge in [0.1, 0.15) is 6.61 Å². The van der Waals surface area contributed by atoms with E-state index in [0.29, 0.717) is 13.2 Å². The molecule has 6 nitrogen and oxygen atoms in total. The lowest BCUT2D eigenvalue weighted by Crippen LogP contribution is -2.28. The van der Waals surface area contributed by atoms with Gasteiger partial charge in [-0.05, 0) is 13.8 Å². The van der Waals surface area contributed by atoms with Gasteiger partial charge in [-0.3, -0.25) is 4.79 Å². The van der Waals surface area contributed by atoms with Crippen LogP contribution in [-0.4, -0.2) is 49.8 Å². The summed E-state index contributed by atoms with van der Waals surface area (Å²) in [5.74, 6) is -1.83. The molecule has 0 aromatic rings. The largest absolute Gasteiger partial charge is 0.461 e. The second-order valence-corrected chi connectivity index (χ2v) is 3.01. The van der Waals surface area contributed by atoms with Crippen molar-refractivity contribution in [3.8, 4) is 0 Å². The van der Waals surface area contributed by atoms with E-state index in [0.717, 1.165) is 0 Å². The van der Waals surface area contributed by atoms with E-state index in [1.807, 2.05) is 6.92 Å². The predicted molar refractivity (Wildman–Crippen MR) is 62.2 cm³/mol. The van der Waals surface area contributed by atoms with E-state index >= 15 is 0 Å². The third-order valence-electron chi connectivity index (χ3n) is 1.53. The molecule has 0 fully saturated rings. The van der Waals surface area contributed by atoms with Gasteiger partial charge in [-0.1, -0.05) is 5.16 Å². The average molecular weight is 266 g/mol. The molecular formula is C10H16ClNO5. The van der Waals surface area contributed by atoms with Gasteiger partial charge in [-0.25, -0.2) is 4.79 Å². The molecule has 0 unspecified atom stereocenters. The van der Waals surface area contributed by atoms with Crippen LogP contribution in [0.1, 0.15) is 13.8 Å². The zero-order valence-corrected chi connectivity index (χ0v) is 10.7. The molecule has 0 aromatic heterocycles. The van der Waals surface area contributed by atoms with Crippen LogP contribution in [0.25, 0.3) is 0 Å². The highest BCUT2D eigenvalue weighted by atomic mass is 35.5. The molecule has 0 heterocycles. The molecule has 0 spiro atoms. The SMILES string of the molecule is CCOCCON=C(C(=O)CCl)C(=O)OCC. The molecule has 0 N–H and O–H groups in total. The highest BCUT2D eigenvalue weighted by Crippen LogP contribution is 1.93. The lowest BCUT2D eigenvalue weighted by molar-refractivity contribution is -0.136. The number of nitrogens with zero attached hydrogens (tertiary/aromatic N) is 1. The lowest BCUT2D eigenvalue weighted by atomic mass is 10.3. The fourth-order valence-electron chi connectivity index (χ4n) is 0.815. The summed E-state index contributed by atoms with van der Waals surface area (Å²) in [6.07, 6.45) is 0. The van der Waals surface area contributed by atoms with Gasteiger partial charge in [0.15, 0.2) is 0 Å². The molecule has 0 saturated carbocycles. The van der Waals surface area contributed by atoms with E-state index in [1.54, 1.807) is 6.92 Å². The first-order valence-corrected chi connectivity index (χ1v) is 5.74. The maximum absolute atomic E-state index is 11.3. The number of rotatable bonds is 9. The Balaban J connectivity index is 4.31. The molecule has 7 heteroatoms. The molecule has 0 radical (unpaired) electrons. The highest BCUT2D eigenvalue weighted by molar-refractivity contribution is 6.67. The predicted octanol–water partition coefficient (Wildman–Crippen LogP) is 0.766. The summed E-state index contributed by atoms with van der Waals surface area (Å²) >= 11 is 5.34. The molecule has 17 heavy (non-hydrogen) atoms. The first-order chi connectivity index (χ1) is 8.17. The van der Waals surface area contributed by atoms with Crippen molar-refractivity contribution < 1.29 is 23.9 Å². The molecule has 0 aromatic carbocycles. The number of esters is 1. The number of alkyl halides is 1. The average Bonchev–Trinajstić information content (AvgIpc) is 2.33. The number of hydrogen-bond acceptors (Lipinski definition) is 6. The Labute approximate surface area is 105 Å². The van der Waals surface area contributed by atoms with Gasteiger partial charge in [-0.15, -0.1) is 11.6 Å². The second kappa shape index (κ2) is 10.0. The van der Waals surface area contributed by atoms with E-state index in [9.17, 15) is 9.59 Å². The van der Waals surface area contributed by atoms with Crippen molar-refractivity contribution in [2.24, 2.45) is 5.16 Å². The summed E-state index contributed by atoms with van der Waals surface area (Å²) < 4.78 is 9.63. The van der Waals surface area contributed by atoms with E-state index in [4.69, 9.17) is 21.2 Å². The van der Waals surface area contributed by atoms with Crippen molar-refractivity contribution in [3.63, 3.8) is 0 Å². The Morgan fingerprint density at radius 2 is 1.88 bits per heavy atom. The van der Waals surface area contributed by atoms with E-state index in [1.165, 1.54) is 0 Å². The highest BCUT2D eigenvalue weighted by Gasteiger charge is 2.21. The van der Waals surface area contributed by atoms with Gasteiger partial charge in [0, 0.05) is 6.61 Å². The lowest BCUT2D eigenvalue weighted by Gasteiger charge is -2.04. The third-order valence-corrected chi connectivity index (χ3v) is 1.78. The van der Waals surface area contributed by atoms with Gasteiger partial charge in [-0.2, -0.15) is 0 Å². The van der Waals surface area contributed by atoms with E-state index in [2.05, 4.69) is 9.89 Å². The Hall–Kier alpha value is -1.14. The van der Waals surface area contributed by atoms with Gasteiger partial charge in [0.05, 0.1) is 19.1 Å². The molecule has 0 amide bonds. The Morgan fingerprint density at radius 1 is 1.18 bits per heavy atom. The number of halogens is 1. The van der Waals surface area contributed by atoms with Crippen molar-refractivity contribution in [3.05, 3.63) is 0 Å². The van der Waals surface area contributed by atoms with Crippen molar-refractivity contribution in [1.82, 2.24) is 0 Å². The maximum atomic E-state index is 11.3. The van der Waals surface area contributed by atoms with Crippen molar-refractivity contribution in [2.45, 2.75) is 13.8 Å². The van der Waals surface area contributed by atoms with Crippen LogP contribution in [0, 0.1) is 0 Å². The quantitative estimate of drug-likeness (QED) is 0.154. The van der Waals surface area contributed by atoms with Crippen molar-refractivity contribution in [1.29, 1.82) is 0 Å². The van der Waals surface area contributed by atoms with Crippen LogP contribution in [0.4, 0.5) is 0 Å². The van der Waals surface area contributed by atoms with Crippen LogP contribution < -0.4 is 0 Å². The van der Waals surface area contributed by atoms with Crippen molar-refractivity contribution in [2.75, 3.05) is 32.3 Å². The van der Waals surface area contributed by atoms with Crippen molar-refractivity contribution >= 4 is 29.1 Å². The minimum atomic E-state index is -0.838.